The minimum absolute atomic E-state index is 0.0840. The molecule has 256 valence electrons. The Kier molecular flexibility index (Phi) is 5.94. The fourth-order valence-electron chi connectivity index (χ4n) is 10.9. The maximum Gasteiger partial charge on any atom is 0.243 e. The fraction of sp³-hybridized carbons (Fsp3) is 0.0189. The van der Waals surface area contributed by atoms with Crippen molar-refractivity contribution < 1.29 is 0 Å². The zero-order valence-corrected chi connectivity index (χ0v) is 30.4. The van der Waals surface area contributed by atoms with Gasteiger partial charge in [-0.2, -0.15) is 0 Å². The van der Waals surface area contributed by atoms with Gasteiger partial charge in [0.15, 0.2) is 0 Å². The lowest BCUT2D eigenvalue weighted by atomic mass is 9.38. The van der Waals surface area contributed by atoms with Crippen molar-refractivity contribution >= 4 is 55.7 Å². The van der Waals surface area contributed by atoms with Gasteiger partial charge in [-0.25, -0.2) is 0 Å². The summed E-state index contributed by atoms with van der Waals surface area (Å²) in [5, 5.41) is 4.80. The molecular formula is C53H31BN2. The largest absolute Gasteiger partial charge is 0.254 e. The summed E-state index contributed by atoms with van der Waals surface area (Å²) in [6.45, 7) is 0.0840. The standard InChI is InChI=1S/C53H31BN2/c1-5-17-44-35(11-1)36-12-2-6-18-45(36)53(44)46-19-7-3-13-37(46)38-26-23-33(31-47(38)53)32-21-24-34(25-22-32)54-48-20-8-4-14-39(48)41-28-27-40-42-15-9-29-55-51(42)52-43(16-10-30-56-52)49(40)50(41)54/h1-31H. The fourth-order valence-corrected chi connectivity index (χ4v) is 10.9. The van der Waals surface area contributed by atoms with Crippen LogP contribution in [0.3, 0.4) is 0 Å². The SMILES string of the molecule is c1ccc2c(c1)B(c1ccc(-c3ccc4c(c3)C3(c5ccccc5-c5ccccc53)c3ccccc3-4)cc1)c1c-2ccc2c3cccnc3c3ncccc3c12. The zero-order valence-electron chi connectivity index (χ0n) is 30.4. The highest BCUT2D eigenvalue weighted by Gasteiger charge is 2.51. The Labute approximate surface area is 324 Å². The van der Waals surface area contributed by atoms with Crippen molar-refractivity contribution in [3.8, 4) is 44.5 Å². The van der Waals surface area contributed by atoms with Crippen molar-refractivity contribution in [2.24, 2.45) is 0 Å². The molecule has 0 unspecified atom stereocenters. The van der Waals surface area contributed by atoms with Gasteiger partial charge in [-0.3, -0.25) is 9.97 Å². The number of benzene rings is 8. The molecule has 56 heavy (non-hydrogen) atoms. The van der Waals surface area contributed by atoms with E-state index in [9.17, 15) is 0 Å². The third-order valence-corrected chi connectivity index (χ3v) is 13.1. The lowest BCUT2D eigenvalue weighted by Crippen LogP contribution is -2.49. The summed E-state index contributed by atoms with van der Waals surface area (Å²) in [5.41, 5.74) is 21.4. The van der Waals surface area contributed by atoms with Crippen LogP contribution >= 0.6 is 0 Å². The van der Waals surface area contributed by atoms with Crippen molar-refractivity contribution in [3.63, 3.8) is 0 Å². The first-order valence-electron chi connectivity index (χ1n) is 19.5. The van der Waals surface area contributed by atoms with E-state index in [1.807, 2.05) is 18.5 Å². The Morgan fingerprint density at radius 3 is 1.59 bits per heavy atom. The highest BCUT2D eigenvalue weighted by molar-refractivity contribution is 7.00. The molecule has 0 amide bonds. The first-order chi connectivity index (χ1) is 27.8. The minimum atomic E-state index is -0.356. The summed E-state index contributed by atoms with van der Waals surface area (Å²) < 4.78 is 0. The summed E-state index contributed by atoms with van der Waals surface area (Å²) in [6.07, 6.45) is 3.77. The molecule has 0 saturated heterocycles. The number of hydrogen-bond donors (Lipinski definition) is 0. The molecular weight excluding hydrogens is 675 g/mol. The second kappa shape index (κ2) is 11.0. The van der Waals surface area contributed by atoms with Gasteiger partial charge in [0.1, 0.15) is 0 Å². The van der Waals surface area contributed by atoms with Crippen molar-refractivity contribution in [1.29, 1.82) is 0 Å². The van der Waals surface area contributed by atoms with Crippen LogP contribution in [0, 0.1) is 0 Å². The number of nitrogens with zero attached hydrogens (tertiary/aromatic N) is 2. The van der Waals surface area contributed by atoms with E-state index in [2.05, 4.69) is 170 Å². The Bertz CT molecular complexity index is 3230. The van der Waals surface area contributed by atoms with E-state index in [1.165, 1.54) is 93.9 Å². The predicted octanol–water partition coefficient (Wildman–Crippen LogP) is 10.4. The van der Waals surface area contributed by atoms with Crippen molar-refractivity contribution in [1.82, 2.24) is 9.97 Å². The number of fused-ring (bicyclic) bond motifs is 20. The van der Waals surface area contributed by atoms with Crippen LogP contribution in [0.15, 0.2) is 188 Å². The molecule has 13 rings (SSSR count). The van der Waals surface area contributed by atoms with Gasteiger partial charge in [0.05, 0.1) is 16.4 Å². The van der Waals surface area contributed by atoms with E-state index < -0.39 is 0 Å². The number of rotatable bonds is 2. The van der Waals surface area contributed by atoms with Crippen molar-refractivity contribution in [2.75, 3.05) is 0 Å². The van der Waals surface area contributed by atoms with E-state index in [1.54, 1.807) is 0 Å². The molecule has 2 aromatic heterocycles. The quantitative estimate of drug-likeness (QED) is 0.132. The minimum Gasteiger partial charge on any atom is -0.254 e. The molecule has 3 heterocycles. The lowest BCUT2D eigenvalue weighted by Gasteiger charge is -2.30. The molecule has 0 fully saturated rings. The predicted molar refractivity (Wildman–Crippen MR) is 233 cm³/mol. The van der Waals surface area contributed by atoms with E-state index in [0.717, 1.165) is 21.8 Å². The normalized spacial score (nSPS) is 13.8. The van der Waals surface area contributed by atoms with E-state index in [4.69, 9.17) is 9.97 Å². The van der Waals surface area contributed by atoms with Crippen LogP contribution in [0.5, 0.6) is 0 Å². The van der Waals surface area contributed by atoms with Crippen LogP contribution < -0.4 is 16.4 Å². The lowest BCUT2D eigenvalue weighted by molar-refractivity contribution is 0.794. The molecule has 0 atom stereocenters. The molecule has 2 nitrogen and oxygen atoms in total. The zero-order chi connectivity index (χ0) is 36.5. The molecule has 0 N–H and O–H groups in total. The molecule has 0 radical (unpaired) electrons. The average molecular weight is 707 g/mol. The van der Waals surface area contributed by atoms with Gasteiger partial charge in [-0.05, 0) is 95.7 Å². The first-order valence-corrected chi connectivity index (χ1v) is 19.5. The van der Waals surface area contributed by atoms with E-state index in [0.29, 0.717) is 0 Å². The molecule has 0 bridgehead atoms. The van der Waals surface area contributed by atoms with Crippen LogP contribution in [0.25, 0.3) is 77.1 Å². The Morgan fingerprint density at radius 1 is 0.375 bits per heavy atom. The number of hydrogen-bond acceptors (Lipinski definition) is 2. The van der Waals surface area contributed by atoms with Gasteiger partial charge >= 0.3 is 0 Å². The van der Waals surface area contributed by atoms with Gasteiger partial charge in [0, 0.05) is 23.2 Å². The van der Waals surface area contributed by atoms with Gasteiger partial charge in [-0.15, -0.1) is 0 Å². The maximum absolute atomic E-state index is 4.90. The Balaban J connectivity index is 0.999. The average Bonchev–Trinajstić information content (AvgIpc) is 3.88. The van der Waals surface area contributed by atoms with Crippen LogP contribution in [-0.4, -0.2) is 16.7 Å². The highest BCUT2D eigenvalue weighted by atomic mass is 14.7. The highest BCUT2D eigenvalue weighted by Crippen LogP contribution is 2.63. The Morgan fingerprint density at radius 2 is 0.911 bits per heavy atom. The third-order valence-electron chi connectivity index (χ3n) is 13.1. The second-order valence-electron chi connectivity index (χ2n) is 15.5. The number of aromatic nitrogens is 2. The molecule has 1 aliphatic heterocycles. The summed E-state index contributed by atoms with van der Waals surface area (Å²) in [7, 11) is 0. The smallest absolute Gasteiger partial charge is 0.243 e. The van der Waals surface area contributed by atoms with Crippen LogP contribution in [0.1, 0.15) is 22.3 Å². The molecule has 3 heteroatoms. The van der Waals surface area contributed by atoms with Gasteiger partial charge in [-0.1, -0.05) is 174 Å². The first kappa shape index (κ1) is 30.3. The maximum atomic E-state index is 4.90. The van der Waals surface area contributed by atoms with Gasteiger partial charge in [0.25, 0.3) is 0 Å². The molecule has 8 aromatic carbocycles. The molecule has 10 aromatic rings. The van der Waals surface area contributed by atoms with Crippen molar-refractivity contribution in [3.05, 3.63) is 211 Å². The summed E-state index contributed by atoms with van der Waals surface area (Å²) in [4.78, 5) is 9.73. The van der Waals surface area contributed by atoms with Crippen LogP contribution in [-0.2, 0) is 5.41 Å². The molecule has 3 aliphatic rings. The summed E-state index contributed by atoms with van der Waals surface area (Å²) >= 11 is 0. The van der Waals surface area contributed by atoms with Crippen LogP contribution in [0.2, 0.25) is 0 Å². The van der Waals surface area contributed by atoms with Gasteiger partial charge in [0.2, 0.25) is 6.71 Å². The molecule has 1 spiro atoms. The third kappa shape index (κ3) is 3.72. The topological polar surface area (TPSA) is 25.8 Å². The molecule has 2 aliphatic carbocycles. The second-order valence-corrected chi connectivity index (χ2v) is 15.5. The van der Waals surface area contributed by atoms with E-state index >= 15 is 0 Å². The summed E-state index contributed by atoms with van der Waals surface area (Å²) in [5.74, 6) is 0. The monoisotopic (exact) mass is 706 g/mol. The molecule has 0 saturated carbocycles. The summed E-state index contributed by atoms with van der Waals surface area (Å²) in [6, 6.07) is 65.8. The van der Waals surface area contributed by atoms with Gasteiger partial charge < -0.3 is 0 Å². The van der Waals surface area contributed by atoms with Crippen LogP contribution in [0.4, 0.5) is 0 Å². The van der Waals surface area contributed by atoms with Crippen molar-refractivity contribution in [2.45, 2.75) is 5.41 Å². The van der Waals surface area contributed by atoms with E-state index in [-0.39, 0.29) is 12.1 Å². The number of pyridine rings is 2. The Hall–Kier alpha value is -7.10.